The predicted molar refractivity (Wildman–Crippen MR) is 94.8 cm³/mol. The van der Waals surface area contributed by atoms with Gasteiger partial charge in [0, 0.05) is 0 Å². The first-order valence-corrected chi connectivity index (χ1v) is 8.51. The molecule has 1 unspecified atom stereocenters. The lowest BCUT2D eigenvalue weighted by atomic mass is 10.3. The molecule has 1 atom stereocenters. The number of hydrogen-bond acceptors (Lipinski definition) is 0. The predicted octanol–water partition coefficient (Wildman–Crippen LogP) is 6.12. The Kier molecular flexibility index (Phi) is 6.93. The molecule has 0 aliphatic carbocycles. The minimum atomic E-state index is -1.20. The molecule has 0 amide bonds. The smallest absolute Gasteiger partial charge is 0.000803 e. The number of rotatable bonds is 6. The van der Waals surface area contributed by atoms with Gasteiger partial charge in [0.2, 0.25) is 0 Å². The first-order chi connectivity index (χ1) is 8.75. The van der Waals surface area contributed by atoms with E-state index >= 15 is 0 Å². The molecule has 0 N–H and O–H groups in total. The van der Waals surface area contributed by atoms with Gasteiger partial charge in [-0.1, -0.05) is 83.0 Å². The second kappa shape index (κ2) is 7.40. The van der Waals surface area contributed by atoms with Gasteiger partial charge in [0.15, 0.2) is 0 Å². The molecule has 0 saturated heterocycles. The Bertz CT molecular complexity index is 427. The lowest BCUT2D eigenvalue weighted by molar-refractivity contribution is 0.793. The van der Waals surface area contributed by atoms with Crippen LogP contribution >= 0.6 is 10.0 Å². The van der Waals surface area contributed by atoms with Crippen molar-refractivity contribution in [3.05, 3.63) is 72.1 Å². The van der Waals surface area contributed by atoms with E-state index in [0.29, 0.717) is 0 Å². The van der Waals surface area contributed by atoms with E-state index in [4.69, 9.17) is 0 Å². The first kappa shape index (κ1) is 17.8. The van der Waals surface area contributed by atoms with Gasteiger partial charge >= 0.3 is 0 Å². The molecule has 0 aromatic rings. The largest absolute Gasteiger partial charge is 0.186 e. The van der Waals surface area contributed by atoms with Gasteiger partial charge in [-0.15, -0.1) is 0 Å². The minimum absolute atomic E-state index is 0.129. The van der Waals surface area contributed by atoms with Crippen molar-refractivity contribution in [2.24, 2.45) is 0 Å². The van der Waals surface area contributed by atoms with Crippen molar-refractivity contribution in [1.82, 2.24) is 0 Å². The van der Waals surface area contributed by atoms with Crippen LogP contribution in [-0.2, 0) is 0 Å². The Morgan fingerprint density at radius 2 is 1.63 bits per heavy atom. The van der Waals surface area contributed by atoms with Crippen molar-refractivity contribution in [2.45, 2.75) is 32.4 Å². The second-order valence-electron chi connectivity index (χ2n) is 5.40. The summed E-state index contributed by atoms with van der Waals surface area (Å²) in [6.07, 6.45) is 16.4. The highest BCUT2D eigenvalue weighted by molar-refractivity contribution is 8.40. The summed E-state index contributed by atoms with van der Waals surface area (Å²) in [7, 11) is -1.20. The summed E-state index contributed by atoms with van der Waals surface area (Å²) in [6, 6.07) is 0. The van der Waals surface area contributed by atoms with E-state index in [1.54, 1.807) is 6.08 Å². The third-order valence-electron chi connectivity index (χ3n) is 3.25. The fourth-order valence-corrected chi connectivity index (χ4v) is 4.74. The Morgan fingerprint density at radius 1 is 1.05 bits per heavy atom. The van der Waals surface area contributed by atoms with Crippen LogP contribution in [0.4, 0.5) is 0 Å². The van der Waals surface area contributed by atoms with Gasteiger partial charge in [-0.25, -0.2) is 0 Å². The Hall–Kier alpha value is -1.21. The van der Waals surface area contributed by atoms with E-state index in [2.05, 4.69) is 71.1 Å². The molecule has 0 rings (SSSR count). The van der Waals surface area contributed by atoms with Crippen molar-refractivity contribution in [2.75, 3.05) is 6.26 Å². The standard InChI is InChI=1S/C18H28S/c1-9-12-15-16(4)19(8,18(5,6)7)17(13-10-2)14-11-3/h9-15H,1-2,4H2,3,5-8H3/b14-11-,15-12-,17-13+. The lowest BCUT2D eigenvalue weighted by Crippen LogP contribution is -2.25. The van der Waals surface area contributed by atoms with Crippen molar-refractivity contribution < 1.29 is 0 Å². The summed E-state index contributed by atoms with van der Waals surface area (Å²) in [5.74, 6) is 0. The highest BCUT2D eigenvalue weighted by atomic mass is 32.3. The van der Waals surface area contributed by atoms with Gasteiger partial charge < -0.3 is 0 Å². The van der Waals surface area contributed by atoms with Crippen LogP contribution < -0.4 is 0 Å². The molecule has 19 heavy (non-hydrogen) atoms. The van der Waals surface area contributed by atoms with Gasteiger partial charge in [-0.3, -0.25) is 0 Å². The Labute approximate surface area is 121 Å². The zero-order chi connectivity index (χ0) is 15.1. The zero-order valence-corrected chi connectivity index (χ0v) is 13.9. The highest BCUT2D eigenvalue weighted by Gasteiger charge is 2.36. The molecule has 0 aromatic heterocycles. The normalized spacial score (nSPS) is 18.3. The molecule has 0 nitrogen and oxygen atoms in total. The van der Waals surface area contributed by atoms with E-state index in [1.807, 2.05) is 19.1 Å². The zero-order valence-electron chi connectivity index (χ0n) is 13.1. The summed E-state index contributed by atoms with van der Waals surface area (Å²) >= 11 is 0. The quantitative estimate of drug-likeness (QED) is 0.513. The average molecular weight is 276 g/mol. The van der Waals surface area contributed by atoms with Crippen molar-refractivity contribution in [1.29, 1.82) is 0 Å². The highest BCUT2D eigenvalue weighted by Crippen LogP contribution is 2.67. The fraction of sp³-hybridized carbons (Fsp3) is 0.333. The van der Waals surface area contributed by atoms with Crippen molar-refractivity contribution in [3.8, 4) is 0 Å². The van der Waals surface area contributed by atoms with Crippen LogP contribution in [0.1, 0.15) is 27.7 Å². The maximum absolute atomic E-state index is 4.31. The van der Waals surface area contributed by atoms with E-state index < -0.39 is 10.0 Å². The van der Waals surface area contributed by atoms with Crippen LogP contribution in [-0.4, -0.2) is 11.0 Å². The van der Waals surface area contributed by atoms with Crippen LogP contribution in [0.3, 0.4) is 0 Å². The molecule has 1 heteroatoms. The van der Waals surface area contributed by atoms with Crippen molar-refractivity contribution in [3.63, 3.8) is 0 Å². The lowest BCUT2D eigenvalue weighted by Gasteiger charge is -2.49. The summed E-state index contributed by atoms with van der Waals surface area (Å²) in [5.41, 5.74) is 0. The van der Waals surface area contributed by atoms with Gasteiger partial charge in [-0.05, 0) is 27.7 Å². The molecule has 106 valence electrons. The van der Waals surface area contributed by atoms with Crippen LogP contribution in [0.25, 0.3) is 0 Å². The fourth-order valence-electron chi connectivity index (χ4n) is 1.82. The molecule has 0 saturated carbocycles. The average Bonchev–Trinajstić information content (AvgIpc) is 2.33. The molecular formula is C18H28S. The van der Waals surface area contributed by atoms with Crippen LogP contribution in [0, 0.1) is 0 Å². The number of allylic oxidation sites excluding steroid dienone is 7. The molecule has 0 heterocycles. The van der Waals surface area contributed by atoms with Gasteiger partial charge in [-0.2, -0.15) is 10.0 Å². The summed E-state index contributed by atoms with van der Waals surface area (Å²) in [5, 5.41) is 0. The maximum Gasteiger partial charge on any atom is -0.000803 e. The third kappa shape index (κ3) is 4.14. The molecule has 0 spiro atoms. The van der Waals surface area contributed by atoms with Crippen LogP contribution in [0.2, 0.25) is 0 Å². The molecular weight excluding hydrogens is 248 g/mol. The summed E-state index contributed by atoms with van der Waals surface area (Å²) < 4.78 is 0.129. The second-order valence-corrected chi connectivity index (χ2v) is 9.45. The minimum Gasteiger partial charge on any atom is -0.186 e. The van der Waals surface area contributed by atoms with Gasteiger partial charge in [0.25, 0.3) is 0 Å². The Balaban J connectivity index is 5.98. The van der Waals surface area contributed by atoms with Crippen LogP contribution in [0.5, 0.6) is 0 Å². The van der Waals surface area contributed by atoms with E-state index in [9.17, 15) is 0 Å². The summed E-state index contributed by atoms with van der Waals surface area (Å²) in [6.45, 7) is 20.7. The van der Waals surface area contributed by atoms with Crippen LogP contribution in [0.15, 0.2) is 72.1 Å². The van der Waals surface area contributed by atoms with Crippen molar-refractivity contribution >= 4 is 10.0 Å². The van der Waals surface area contributed by atoms with Gasteiger partial charge in [0.05, 0.1) is 0 Å². The first-order valence-electron chi connectivity index (χ1n) is 6.47. The topological polar surface area (TPSA) is 0 Å². The van der Waals surface area contributed by atoms with Gasteiger partial charge in [0.1, 0.15) is 0 Å². The summed E-state index contributed by atoms with van der Waals surface area (Å²) in [4.78, 5) is 2.46. The maximum atomic E-state index is 4.31. The van der Waals surface area contributed by atoms with E-state index in [0.717, 1.165) is 4.91 Å². The molecule has 0 aliphatic heterocycles. The molecule has 0 fully saturated rings. The third-order valence-corrected chi connectivity index (χ3v) is 8.10. The molecule has 0 radical (unpaired) electrons. The Morgan fingerprint density at radius 3 is 2.00 bits per heavy atom. The van der Waals surface area contributed by atoms with E-state index in [1.165, 1.54) is 4.91 Å². The number of hydrogen-bond donors (Lipinski definition) is 0. The van der Waals surface area contributed by atoms with E-state index in [-0.39, 0.29) is 4.75 Å². The molecule has 0 aliphatic rings. The molecule has 0 bridgehead atoms. The SMILES string of the molecule is C=C/C=C\C(=C)S(C)(C(/C=C\C)=C/C=C)C(C)(C)C. The monoisotopic (exact) mass is 276 g/mol. The molecule has 0 aromatic carbocycles.